The highest BCUT2D eigenvalue weighted by atomic mass is 19.1. The summed E-state index contributed by atoms with van der Waals surface area (Å²) in [6, 6.07) is 12.4. The van der Waals surface area contributed by atoms with Crippen molar-refractivity contribution < 1.29 is 28.6 Å². The molecular formula is C39H49FN6O5. The average molecular weight is 701 g/mol. The summed E-state index contributed by atoms with van der Waals surface area (Å²) in [4.78, 5) is 41.3. The van der Waals surface area contributed by atoms with Crippen molar-refractivity contribution in [3.8, 4) is 22.5 Å². The number of urea groups is 1. The lowest BCUT2D eigenvalue weighted by Crippen LogP contribution is -2.43. The number of benzene rings is 2. The lowest BCUT2D eigenvalue weighted by Gasteiger charge is -2.33. The number of likely N-dealkylation sites (tertiary alicyclic amines) is 2. The van der Waals surface area contributed by atoms with E-state index in [0.29, 0.717) is 60.3 Å². The molecule has 0 bridgehead atoms. The summed E-state index contributed by atoms with van der Waals surface area (Å²) in [7, 11) is 0. The number of aliphatic hydroxyl groups is 1. The van der Waals surface area contributed by atoms with E-state index in [-0.39, 0.29) is 30.7 Å². The molecule has 0 saturated carbocycles. The highest BCUT2D eigenvalue weighted by molar-refractivity contribution is 5.97. The van der Waals surface area contributed by atoms with Crippen molar-refractivity contribution in [2.24, 2.45) is 11.8 Å². The van der Waals surface area contributed by atoms with Crippen LogP contribution < -0.4 is 5.32 Å². The van der Waals surface area contributed by atoms with E-state index >= 15 is 4.39 Å². The zero-order chi connectivity index (χ0) is 36.4. The van der Waals surface area contributed by atoms with Crippen molar-refractivity contribution in [2.75, 3.05) is 31.5 Å². The van der Waals surface area contributed by atoms with Crippen molar-refractivity contribution in [1.82, 2.24) is 24.8 Å². The van der Waals surface area contributed by atoms with Crippen molar-refractivity contribution >= 4 is 28.8 Å². The standard InChI is InChI=1S/C39H49FN6O5/c1-23(2)15-27-19-46(20-34(27)47)37(48)44-32-17-28(40)16-30(24(32)3)35-31-18-33(43-36(31)42-22-41-35)26-9-7-25(8-10-26)21-50-29-11-13-45(14-12-29)38(49)51-39(4,5)6/h7-10,16-18,22-23,27,29,34,47H,11-15,19-21H2,1-6H3,(H,44,48)(H,41,42,43). The molecule has 0 radical (unpaired) electrons. The predicted molar refractivity (Wildman–Crippen MR) is 195 cm³/mol. The number of aromatic nitrogens is 3. The number of carbonyl (C=O) groups excluding carboxylic acids is 2. The van der Waals surface area contributed by atoms with Gasteiger partial charge in [-0.3, -0.25) is 0 Å². The minimum atomic E-state index is -0.578. The number of hydrogen-bond acceptors (Lipinski definition) is 7. The molecule has 2 aliphatic heterocycles. The molecule has 2 aromatic heterocycles. The van der Waals surface area contributed by atoms with E-state index in [1.54, 1.807) is 9.80 Å². The minimum absolute atomic E-state index is 0.0172. The summed E-state index contributed by atoms with van der Waals surface area (Å²) in [5.41, 5.74) is 5.03. The number of aliphatic hydroxyl groups excluding tert-OH is 1. The van der Waals surface area contributed by atoms with Gasteiger partial charge in [-0.15, -0.1) is 0 Å². The van der Waals surface area contributed by atoms with Gasteiger partial charge in [0.25, 0.3) is 0 Å². The third-order valence-electron chi connectivity index (χ3n) is 9.61. The molecule has 11 nitrogen and oxygen atoms in total. The van der Waals surface area contributed by atoms with Crippen LogP contribution in [0.1, 0.15) is 65.0 Å². The molecule has 4 heterocycles. The summed E-state index contributed by atoms with van der Waals surface area (Å²) < 4.78 is 26.8. The van der Waals surface area contributed by atoms with Gasteiger partial charge in [0.2, 0.25) is 0 Å². The second kappa shape index (κ2) is 15.0. The Hall–Kier alpha value is -4.55. The predicted octanol–water partition coefficient (Wildman–Crippen LogP) is 7.53. The van der Waals surface area contributed by atoms with Crippen LogP contribution in [0.3, 0.4) is 0 Å². The van der Waals surface area contributed by atoms with Gasteiger partial charge in [-0.05, 0) is 87.8 Å². The Morgan fingerprint density at radius 2 is 1.78 bits per heavy atom. The number of amides is 3. The second-order valence-corrected chi connectivity index (χ2v) is 15.3. The molecule has 0 spiro atoms. The van der Waals surface area contributed by atoms with E-state index < -0.39 is 17.5 Å². The summed E-state index contributed by atoms with van der Waals surface area (Å²) in [5.74, 6) is -0.0740. The highest BCUT2D eigenvalue weighted by Gasteiger charge is 2.34. The maximum absolute atomic E-state index is 15.1. The molecule has 2 saturated heterocycles. The SMILES string of the molecule is Cc1c(NC(=O)N2CC(O)C(CC(C)C)C2)cc(F)cc1-c1ncnc2[nH]c(-c3ccc(COC4CCN(C(=O)OC(C)(C)C)CC4)cc3)cc12. The Kier molecular flexibility index (Phi) is 10.6. The molecule has 4 aromatic rings. The van der Waals surface area contributed by atoms with Crippen molar-refractivity contribution in [1.29, 1.82) is 0 Å². The average Bonchev–Trinajstić information content (AvgIpc) is 3.68. The summed E-state index contributed by atoms with van der Waals surface area (Å²) in [6.45, 7) is 14.0. The Balaban J connectivity index is 1.12. The van der Waals surface area contributed by atoms with Gasteiger partial charge in [-0.2, -0.15) is 0 Å². The number of H-pyrrole nitrogens is 1. The molecule has 3 N–H and O–H groups in total. The first-order valence-corrected chi connectivity index (χ1v) is 17.8. The van der Waals surface area contributed by atoms with Crippen LogP contribution in [0.2, 0.25) is 0 Å². The number of halogens is 1. The Morgan fingerprint density at radius 3 is 2.47 bits per heavy atom. The fourth-order valence-electron chi connectivity index (χ4n) is 6.94. The number of carbonyl (C=O) groups is 2. The molecule has 2 fully saturated rings. The molecule has 0 aliphatic carbocycles. The van der Waals surface area contributed by atoms with Gasteiger partial charge in [0.05, 0.1) is 24.5 Å². The van der Waals surface area contributed by atoms with Crippen LogP contribution in [0.4, 0.5) is 19.7 Å². The molecular weight excluding hydrogens is 651 g/mol. The fraction of sp³-hybridized carbons (Fsp3) is 0.487. The molecule has 51 heavy (non-hydrogen) atoms. The molecule has 6 rings (SSSR count). The number of β-amino-alcohol motifs (C(OH)–C–C–N with tert-alkyl or cyclic N) is 1. The van der Waals surface area contributed by atoms with E-state index in [1.165, 1.54) is 18.5 Å². The van der Waals surface area contributed by atoms with E-state index in [4.69, 9.17) is 9.47 Å². The first-order valence-electron chi connectivity index (χ1n) is 17.8. The molecule has 272 valence electrons. The zero-order valence-electron chi connectivity index (χ0n) is 30.3. The Morgan fingerprint density at radius 1 is 1.06 bits per heavy atom. The molecule has 2 aliphatic rings. The van der Waals surface area contributed by atoms with Gasteiger partial charge in [0.1, 0.15) is 23.4 Å². The Labute approximate surface area is 298 Å². The van der Waals surface area contributed by atoms with Crippen molar-refractivity contribution in [3.05, 3.63) is 65.7 Å². The Bertz CT molecular complexity index is 1860. The van der Waals surface area contributed by atoms with Crippen LogP contribution in [0.5, 0.6) is 0 Å². The molecule has 2 aromatic carbocycles. The van der Waals surface area contributed by atoms with E-state index in [0.717, 1.165) is 41.5 Å². The highest BCUT2D eigenvalue weighted by Crippen LogP contribution is 2.35. The smallest absolute Gasteiger partial charge is 0.410 e. The van der Waals surface area contributed by atoms with Gasteiger partial charge in [0.15, 0.2) is 0 Å². The van der Waals surface area contributed by atoms with Gasteiger partial charge < -0.3 is 34.7 Å². The normalized spacial score (nSPS) is 18.5. The summed E-state index contributed by atoms with van der Waals surface area (Å²) in [6.07, 6.45) is 3.01. The number of aromatic amines is 1. The summed E-state index contributed by atoms with van der Waals surface area (Å²) >= 11 is 0. The first-order chi connectivity index (χ1) is 24.2. The van der Waals surface area contributed by atoms with Gasteiger partial charge in [0, 0.05) is 54.4 Å². The molecule has 3 amide bonds. The number of nitrogens with zero attached hydrogens (tertiary/aromatic N) is 4. The molecule has 12 heteroatoms. The van der Waals surface area contributed by atoms with Crippen LogP contribution in [0, 0.1) is 24.6 Å². The lowest BCUT2D eigenvalue weighted by atomic mass is 9.95. The number of nitrogens with one attached hydrogen (secondary N) is 2. The van der Waals surface area contributed by atoms with Crippen LogP contribution in [-0.4, -0.2) is 86.0 Å². The monoisotopic (exact) mass is 700 g/mol. The lowest BCUT2D eigenvalue weighted by molar-refractivity contribution is -0.0170. The van der Waals surface area contributed by atoms with Gasteiger partial charge in [-0.1, -0.05) is 38.1 Å². The third kappa shape index (κ3) is 8.68. The third-order valence-corrected chi connectivity index (χ3v) is 9.61. The van der Waals surface area contributed by atoms with Gasteiger partial charge in [-0.25, -0.2) is 23.9 Å². The quantitative estimate of drug-likeness (QED) is 0.173. The fourth-order valence-corrected chi connectivity index (χ4v) is 6.94. The summed E-state index contributed by atoms with van der Waals surface area (Å²) in [5, 5.41) is 14.1. The zero-order valence-corrected chi connectivity index (χ0v) is 30.3. The number of fused-ring (bicyclic) bond motifs is 1. The second-order valence-electron chi connectivity index (χ2n) is 15.3. The molecule has 2 atom stereocenters. The maximum Gasteiger partial charge on any atom is 0.410 e. The number of ether oxygens (including phenoxy) is 2. The van der Waals surface area contributed by atoms with Crippen LogP contribution in [-0.2, 0) is 16.1 Å². The number of hydrogen-bond donors (Lipinski definition) is 3. The van der Waals surface area contributed by atoms with Crippen LogP contribution >= 0.6 is 0 Å². The minimum Gasteiger partial charge on any atom is -0.444 e. The van der Waals surface area contributed by atoms with E-state index in [9.17, 15) is 14.7 Å². The van der Waals surface area contributed by atoms with Crippen molar-refractivity contribution in [2.45, 2.75) is 85.2 Å². The maximum atomic E-state index is 15.1. The number of piperidine rings is 1. The molecule has 2 unspecified atom stereocenters. The number of rotatable bonds is 8. The van der Waals surface area contributed by atoms with Gasteiger partial charge >= 0.3 is 12.1 Å². The van der Waals surface area contributed by atoms with Crippen LogP contribution in [0.15, 0.2) is 48.8 Å². The first kappa shape index (κ1) is 36.2. The van der Waals surface area contributed by atoms with Crippen LogP contribution in [0.25, 0.3) is 33.5 Å². The largest absolute Gasteiger partial charge is 0.444 e. The number of anilines is 1. The topological polar surface area (TPSA) is 133 Å². The van der Waals surface area contributed by atoms with E-state index in [2.05, 4.69) is 34.1 Å². The van der Waals surface area contributed by atoms with Crippen molar-refractivity contribution in [3.63, 3.8) is 0 Å². The van der Waals surface area contributed by atoms with E-state index in [1.807, 2.05) is 58.0 Å².